The van der Waals surface area contributed by atoms with E-state index in [9.17, 15) is 9.59 Å². The zero-order chi connectivity index (χ0) is 41.9. The average molecular weight is 760 g/mol. The lowest BCUT2D eigenvalue weighted by Gasteiger charge is -2.12. The summed E-state index contributed by atoms with van der Waals surface area (Å²) in [6.45, 7) is 23.9. The number of ether oxygens (including phenoxy) is 5. The van der Waals surface area contributed by atoms with Crippen molar-refractivity contribution in [2.24, 2.45) is 10.9 Å². The molecule has 0 bridgehead atoms. The molecule has 55 heavy (non-hydrogen) atoms. The molecule has 4 rings (SSSR count). The number of carbonyl (C=O) groups is 2. The number of carbonyl (C=O) groups excluding carboxylic acids is 2. The number of hydrogen-bond donors (Lipinski definition) is 0. The first-order valence-electron chi connectivity index (χ1n) is 18.7. The van der Waals surface area contributed by atoms with Gasteiger partial charge in [0, 0.05) is 62.5 Å². The highest BCUT2D eigenvalue weighted by Gasteiger charge is 2.12. The minimum Gasteiger partial charge on any atom is -0.491 e. The monoisotopic (exact) mass is 759 g/mol. The Morgan fingerprint density at radius 2 is 1.38 bits per heavy atom. The Hall–Kier alpha value is -4.95. The van der Waals surface area contributed by atoms with Crippen molar-refractivity contribution >= 4 is 24.4 Å². The van der Waals surface area contributed by atoms with Gasteiger partial charge in [-0.15, -0.1) is 0 Å². The Balaban J connectivity index is 0. The number of aryl methyl sites for hydroxylation is 1. The predicted molar refractivity (Wildman–Crippen MR) is 227 cm³/mol. The molecule has 0 N–H and O–H groups in total. The molecule has 0 radical (unpaired) electrons. The van der Waals surface area contributed by atoms with Crippen LogP contribution >= 0.6 is 0 Å². The van der Waals surface area contributed by atoms with Gasteiger partial charge in [0.05, 0.1) is 32.5 Å². The van der Waals surface area contributed by atoms with Crippen molar-refractivity contribution in [2.45, 2.75) is 75.2 Å². The lowest BCUT2D eigenvalue weighted by molar-refractivity contribution is 0.0269. The van der Waals surface area contributed by atoms with Crippen LogP contribution in [-0.4, -0.2) is 77.6 Å². The fourth-order valence-corrected chi connectivity index (χ4v) is 4.14. The number of benzene rings is 2. The number of rotatable bonds is 17. The third kappa shape index (κ3) is 24.2. The van der Waals surface area contributed by atoms with Gasteiger partial charge in [-0.3, -0.25) is 14.6 Å². The molecule has 0 amide bonds. The van der Waals surface area contributed by atoms with E-state index in [0.29, 0.717) is 75.0 Å². The van der Waals surface area contributed by atoms with Gasteiger partial charge >= 0.3 is 0 Å². The molecule has 1 aliphatic rings. The zero-order valence-corrected chi connectivity index (χ0v) is 35.1. The highest BCUT2D eigenvalue weighted by atomic mass is 16.6. The molecule has 0 aliphatic heterocycles. The second kappa shape index (κ2) is 34.8. The maximum Gasteiger partial charge on any atom is 0.213 e. The van der Waals surface area contributed by atoms with E-state index in [-0.39, 0.29) is 0 Å². The van der Waals surface area contributed by atoms with Crippen molar-refractivity contribution < 1.29 is 33.3 Å². The molecular weight excluding hydrogens is 695 g/mol. The number of aromatic nitrogens is 1. The Morgan fingerprint density at radius 3 is 1.84 bits per heavy atom. The molecule has 0 atom stereocenters. The second-order valence-corrected chi connectivity index (χ2v) is 11.6. The summed E-state index contributed by atoms with van der Waals surface area (Å²) in [4.78, 5) is 30.5. The summed E-state index contributed by atoms with van der Waals surface area (Å²) in [6.07, 6.45) is 9.42. The van der Waals surface area contributed by atoms with Crippen LogP contribution in [0.5, 0.6) is 11.6 Å². The number of nitriles is 1. The fraction of sp³-hybridized carbons (Fsp3) is 0.444. The molecule has 2 aromatic carbocycles. The standard InChI is InChI=1S/C33H36N2O6.C4H8.C2H3N.C2H6O.2C2H6/c1-5-34-21-32(24(2)3)31-10-7-26(18-25(31)4)27-8-11-33(35-20-27)41-17-15-39-13-12-38-14-16-40-30-9-6-28(22-36)29(19-30)23-37;1-4-2-3-4;1-2-3;1-3-2;2*1-2/h5-11,18-23H,1,12-17H2,2-4H3;4H,2-3H2,1H3;1H3;1-2H3;2*1-2H3. The minimum atomic E-state index is 0.296. The van der Waals surface area contributed by atoms with Gasteiger partial charge in [0.2, 0.25) is 5.88 Å². The van der Waals surface area contributed by atoms with Crippen molar-refractivity contribution in [3.05, 3.63) is 95.3 Å². The van der Waals surface area contributed by atoms with E-state index in [2.05, 4.69) is 67.2 Å². The van der Waals surface area contributed by atoms with E-state index in [0.717, 1.165) is 33.7 Å². The Bertz CT molecular complexity index is 1570. The van der Waals surface area contributed by atoms with Crippen LogP contribution in [0.15, 0.2) is 78.1 Å². The van der Waals surface area contributed by atoms with E-state index in [1.165, 1.54) is 37.6 Å². The minimum absolute atomic E-state index is 0.296. The summed E-state index contributed by atoms with van der Waals surface area (Å²) >= 11 is 0. The number of methoxy groups -OCH3 is 1. The van der Waals surface area contributed by atoms with Crippen molar-refractivity contribution in [3.63, 3.8) is 0 Å². The first kappa shape index (κ1) is 52.2. The van der Waals surface area contributed by atoms with Crippen LogP contribution in [0.2, 0.25) is 0 Å². The summed E-state index contributed by atoms with van der Waals surface area (Å²) in [5, 5.41) is 7.32. The van der Waals surface area contributed by atoms with Gasteiger partial charge < -0.3 is 23.7 Å². The van der Waals surface area contributed by atoms with Crippen molar-refractivity contribution in [1.82, 2.24) is 4.98 Å². The first-order chi connectivity index (χ1) is 26.7. The average Bonchev–Trinajstić information content (AvgIpc) is 4.00. The number of nitrogens with zero attached hydrogens (tertiary/aromatic N) is 3. The topological polar surface area (TPSA) is 129 Å². The summed E-state index contributed by atoms with van der Waals surface area (Å²) in [6, 6.07) is 16.7. The van der Waals surface area contributed by atoms with Crippen LogP contribution in [0.1, 0.15) is 100 Å². The van der Waals surface area contributed by atoms with Crippen molar-refractivity contribution in [1.29, 1.82) is 5.26 Å². The molecule has 0 unspecified atom stereocenters. The highest BCUT2D eigenvalue weighted by molar-refractivity contribution is 6.11. The van der Waals surface area contributed by atoms with Crippen LogP contribution in [-0.2, 0) is 14.2 Å². The van der Waals surface area contributed by atoms with Crippen molar-refractivity contribution in [2.75, 3.05) is 53.9 Å². The number of aldehydes is 2. The number of pyridine rings is 1. The Labute approximate surface area is 331 Å². The van der Waals surface area contributed by atoms with Gasteiger partial charge in [-0.05, 0) is 73.2 Å². The first-order valence-corrected chi connectivity index (χ1v) is 18.7. The summed E-state index contributed by atoms with van der Waals surface area (Å²) < 4.78 is 26.5. The molecule has 0 saturated heterocycles. The predicted octanol–water partition coefficient (Wildman–Crippen LogP) is 10.4. The molecule has 1 heterocycles. The van der Waals surface area contributed by atoms with Gasteiger partial charge in [0.25, 0.3) is 0 Å². The fourth-order valence-electron chi connectivity index (χ4n) is 4.14. The third-order valence-corrected chi connectivity index (χ3v) is 6.96. The molecule has 1 aromatic heterocycles. The lowest BCUT2D eigenvalue weighted by Crippen LogP contribution is -2.13. The molecule has 1 aliphatic carbocycles. The maximum absolute atomic E-state index is 11.0. The normalized spacial score (nSPS) is 10.7. The molecule has 302 valence electrons. The highest BCUT2D eigenvalue weighted by Crippen LogP contribution is 2.28. The van der Waals surface area contributed by atoms with Gasteiger partial charge in [0.15, 0.2) is 12.6 Å². The smallest absolute Gasteiger partial charge is 0.213 e. The number of allylic oxidation sites excluding steroid dienone is 2. The third-order valence-electron chi connectivity index (χ3n) is 6.96. The summed E-state index contributed by atoms with van der Waals surface area (Å²) in [7, 11) is 3.25. The summed E-state index contributed by atoms with van der Waals surface area (Å²) in [5.41, 5.74) is 7.28. The number of aliphatic imine (C=N–C) groups is 1. The van der Waals surface area contributed by atoms with Gasteiger partial charge in [-0.1, -0.05) is 77.8 Å². The molecular formula is C45H65N3O7. The SMILES string of the molecule is C=CN=CC(=C(C)C)c1ccc(-c2ccc(OCCOCCOCCOc3ccc(C=O)c(C=O)c3)nc2)cc1C.CC.CC.CC#N.CC1CC1.COC. The van der Waals surface area contributed by atoms with E-state index < -0.39 is 0 Å². The molecule has 0 spiro atoms. The van der Waals surface area contributed by atoms with Crippen LogP contribution in [0.25, 0.3) is 16.7 Å². The quantitative estimate of drug-likeness (QED) is 0.0750. The van der Waals surface area contributed by atoms with E-state index in [4.69, 9.17) is 24.2 Å². The van der Waals surface area contributed by atoms with Crippen LogP contribution in [0.4, 0.5) is 0 Å². The second-order valence-electron chi connectivity index (χ2n) is 11.6. The molecule has 10 heteroatoms. The van der Waals surface area contributed by atoms with E-state index >= 15 is 0 Å². The number of hydrogen-bond acceptors (Lipinski definition) is 10. The maximum atomic E-state index is 11.0. The van der Waals surface area contributed by atoms with Gasteiger partial charge in [-0.2, -0.15) is 5.26 Å². The molecule has 10 nitrogen and oxygen atoms in total. The van der Waals surface area contributed by atoms with E-state index in [1.807, 2.05) is 46.0 Å². The van der Waals surface area contributed by atoms with Gasteiger partial charge in [-0.25, -0.2) is 4.98 Å². The molecule has 3 aromatic rings. The van der Waals surface area contributed by atoms with Crippen molar-refractivity contribution in [3.8, 4) is 28.8 Å². The van der Waals surface area contributed by atoms with Crippen LogP contribution in [0, 0.1) is 24.2 Å². The molecule has 1 saturated carbocycles. The molecule has 1 fully saturated rings. The van der Waals surface area contributed by atoms with Gasteiger partial charge in [0.1, 0.15) is 19.0 Å². The van der Waals surface area contributed by atoms with Crippen LogP contribution < -0.4 is 9.47 Å². The Morgan fingerprint density at radius 1 is 0.855 bits per heavy atom. The zero-order valence-electron chi connectivity index (χ0n) is 35.1. The summed E-state index contributed by atoms with van der Waals surface area (Å²) in [5.74, 6) is 2.12. The van der Waals surface area contributed by atoms with E-state index in [1.54, 1.807) is 38.6 Å². The Kier molecular flexibility index (Phi) is 33.0. The largest absolute Gasteiger partial charge is 0.491 e. The lowest BCUT2D eigenvalue weighted by atomic mass is 9.94. The van der Waals surface area contributed by atoms with Crippen LogP contribution in [0.3, 0.4) is 0 Å².